The molecule has 0 atom stereocenters. The molecule has 0 unspecified atom stereocenters. The fourth-order valence-electron chi connectivity index (χ4n) is 2.89. The number of ether oxygens (including phenoxy) is 1. The third kappa shape index (κ3) is 3.55. The minimum atomic E-state index is -1.45. The van der Waals surface area contributed by atoms with E-state index in [1.807, 2.05) is 0 Å². The maximum atomic E-state index is 15.0. The molecule has 0 bridgehead atoms. The average Bonchev–Trinajstić information content (AvgIpc) is 3.09. The molecule has 7 heteroatoms. The molecule has 0 spiro atoms. The molecule has 1 fully saturated rings. The van der Waals surface area contributed by atoms with E-state index >= 15 is 0 Å². The smallest absolute Gasteiger partial charge is 0.254 e. The van der Waals surface area contributed by atoms with Crippen LogP contribution in [0.25, 0.3) is 0 Å². The fourth-order valence-corrected chi connectivity index (χ4v) is 2.89. The molecular weight excluding hydrogens is 313 g/mol. The van der Waals surface area contributed by atoms with Crippen molar-refractivity contribution < 1.29 is 18.4 Å². The van der Waals surface area contributed by atoms with Crippen LogP contribution in [0.2, 0.25) is 0 Å². The van der Waals surface area contributed by atoms with Crippen molar-refractivity contribution in [3.63, 3.8) is 0 Å². The highest BCUT2D eigenvalue weighted by Gasteiger charge is 2.38. The first-order chi connectivity index (χ1) is 11.6. The summed E-state index contributed by atoms with van der Waals surface area (Å²) in [7, 11) is 1.51. The van der Waals surface area contributed by atoms with E-state index in [0.717, 1.165) is 0 Å². The van der Waals surface area contributed by atoms with Gasteiger partial charge in [0.25, 0.3) is 5.88 Å². The van der Waals surface area contributed by atoms with Crippen molar-refractivity contribution in [3.05, 3.63) is 41.9 Å². The van der Waals surface area contributed by atoms with Gasteiger partial charge in [0.05, 0.1) is 12.8 Å². The fraction of sp³-hybridized carbons (Fsp3) is 0.471. The number of carbonyl (C=O) groups is 1. The zero-order valence-electron chi connectivity index (χ0n) is 13.6. The number of carbonyl (C=O) groups excluding carboxylic acids is 1. The highest BCUT2D eigenvalue weighted by molar-refractivity contribution is 5.76. The van der Waals surface area contributed by atoms with Gasteiger partial charge in [-0.25, -0.2) is 4.39 Å². The number of alkyl halides is 1. The molecule has 3 heterocycles. The molecule has 6 nitrogen and oxygen atoms in total. The van der Waals surface area contributed by atoms with Gasteiger partial charge < -0.3 is 14.2 Å². The van der Waals surface area contributed by atoms with Crippen LogP contribution in [-0.4, -0.2) is 41.1 Å². The molecule has 3 rings (SSSR count). The summed E-state index contributed by atoms with van der Waals surface area (Å²) >= 11 is 0. The predicted molar refractivity (Wildman–Crippen MR) is 84.2 cm³/mol. The number of halogens is 1. The second-order valence-corrected chi connectivity index (χ2v) is 5.90. The van der Waals surface area contributed by atoms with Crippen LogP contribution in [0.15, 0.2) is 35.0 Å². The first-order valence-electron chi connectivity index (χ1n) is 7.98. The molecule has 0 saturated carbocycles. The molecule has 128 valence electrons. The number of nitrogens with zero attached hydrogens (tertiary/aromatic N) is 3. The molecule has 1 amide bonds. The summed E-state index contributed by atoms with van der Waals surface area (Å²) in [6.45, 7) is 0.789. The summed E-state index contributed by atoms with van der Waals surface area (Å²) in [5, 5.41) is 3.70. The third-order valence-corrected chi connectivity index (χ3v) is 4.36. The Kier molecular flexibility index (Phi) is 4.78. The summed E-state index contributed by atoms with van der Waals surface area (Å²) in [5.74, 6) is 0.993. The summed E-state index contributed by atoms with van der Waals surface area (Å²) in [4.78, 5) is 18.1. The number of aryl methyl sites for hydroxylation is 1. The zero-order chi connectivity index (χ0) is 17.0. The van der Waals surface area contributed by atoms with Gasteiger partial charge in [0.2, 0.25) is 5.91 Å². The maximum absolute atomic E-state index is 15.0. The number of hydrogen-bond donors (Lipinski definition) is 0. The van der Waals surface area contributed by atoms with E-state index in [1.165, 1.54) is 7.11 Å². The van der Waals surface area contributed by atoms with Crippen molar-refractivity contribution in [2.75, 3.05) is 20.2 Å². The molecule has 0 radical (unpaired) electrons. The number of amides is 1. The van der Waals surface area contributed by atoms with Crippen LogP contribution in [0.1, 0.15) is 30.7 Å². The Morgan fingerprint density at radius 1 is 1.42 bits per heavy atom. The van der Waals surface area contributed by atoms with Crippen LogP contribution in [-0.2, 0) is 16.9 Å². The number of piperidine rings is 1. The van der Waals surface area contributed by atoms with E-state index in [-0.39, 0.29) is 18.7 Å². The Morgan fingerprint density at radius 2 is 2.21 bits per heavy atom. The van der Waals surface area contributed by atoms with Crippen LogP contribution in [0, 0.1) is 0 Å². The lowest BCUT2D eigenvalue weighted by Crippen LogP contribution is -2.43. The Bertz CT molecular complexity index is 681. The number of methoxy groups -OCH3 is 1. The van der Waals surface area contributed by atoms with Crippen molar-refractivity contribution in [1.82, 2.24) is 15.0 Å². The van der Waals surface area contributed by atoms with E-state index in [2.05, 4.69) is 10.1 Å². The van der Waals surface area contributed by atoms with Gasteiger partial charge >= 0.3 is 0 Å². The van der Waals surface area contributed by atoms with E-state index in [0.29, 0.717) is 43.3 Å². The van der Waals surface area contributed by atoms with Crippen molar-refractivity contribution in [1.29, 1.82) is 0 Å². The second kappa shape index (κ2) is 6.98. The maximum Gasteiger partial charge on any atom is 0.254 e. The summed E-state index contributed by atoms with van der Waals surface area (Å²) in [6, 6.07) is 6.92. The SMILES string of the molecule is COc1cc(CCC(=O)N2CCC(F)(c3ccccn3)CC2)on1. The van der Waals surface area contributed by atoms with E-state index < -0.39 is 5.67 Å². The lowest BCUT2D eigenvalue weighted by Gasteiger charge is -2.36. The van der Waals surface area contributed by atoms with Gasteiger partial charge in [0, 0.05) is 51.0 Å². The van der Waals surface area contributed by atoms with Crippen LogP contribution in [0.3, 0.4) is 0 Å². The van der Waals surface area contributed by atoms with Gasteiger partial charge in [0.15, 0.2) is 5.67 Å². The van der Waals surface area contributed by atoms with Crippen LogP contribution in [0.5, 0.6) is 5.88 Å². The predicted octanol–water partition coefficient (Wildman–Crippen LogP) is 2.50. The molecule has 24 heavy (non-hydrogen) atoms. The van der Waals surface area contributed by atoms with Gasteiger partial charge in [0.1, 0.15) is 5.76 Å². The van der Waals surface area contributed by atoms with Gasteiger partial charge in [-0.1, -0.05) is 6.07 Å². The minimum absolute atomic E-state index is 0.00608. The molecule has 2 aromatic rings. The monoisotopic (exact) mass is 333 g/mol. The first kappa shape index (κ1) is 16.4. The lowest BCUT2D eigenvalue weighted by atomic mass is 9.89. The Balaban J connectivity index is 1.51. The number of aromatic nitrogens is 2. The largest absolute Gasteiger partial charge is 0.479 e. The highest BCUT2D eigenvalue weighted by atomic mass is 19.1. The number of rotatable bonds is 5. The number of pyridine rings is 1. The van der Waals surface area contributed by atoms with E-state index in [1.54, 1.807) is 35.4 Å². The average molecular weight is 333 g/mol. The summed E-state index contributed by atoms with van der Waals surface area (Å²) < 4.78 is 25.0. The minimum Gasteiger partial charge on any atom is -0.479 e. The van der Waals surface area contributed by atoms with Crippen molar-refractivity contribution in [2.24, 2.45) is 0 Å². The molecule has 0 aliphatic carbocycles. The molecule has 1 aliphatic heterocycles. The molecule has 0 N–H and O–H groups in total. The number of likely N-dealkylation sites (tertiary alicyclic amines) is 1. The molecule has 0 aromatic carbocycles. The summed E-state index contributed by atoms with van der Waals surface area (Å²) in [5.41, 5.74) is -0.998. The highest BCUT2D eigenvalue weighted by Crippen LogP contribution is 2.35. The Morgan fingerprint density at radius 3 is 2.83 bits per heavy atom. The van der Waals surface area contributed by atoms with Crippen LogP contribution in [0.4, 0.5) is 4.39 Å². The van der Waals surface area contributed by atoms with E-state index in [4.69, 9.17) is 9.26 Å². The second-order valence-electron chi connectivity index (χ2n) is 5.90. The molecule has 1 saturated heterocycles. The van der Waals surface area contributed by atoms with Gasteiger partial charge in [-0.15, -0.1) is 0 Å². The van der Waals surface area contributed by atoms with Crippen molar-refractivity contribution >= 4 is 5.91 Å². The Hall–Kier alpha value is -2.44. The van der Waals surface area contributed by atoms with Crippen LogP contribution >= 0.6 is 0 Å². The van der Waals surface area contributed by atoms with Gasteiger partial charge in [-0.2, -0.15) is 0 Å². The van der Waals surface area contributed by atoms with Crippen molar-refractivity contribution in [2.45, 2.75) is 31.4 Å². The van der Waals surface area contributed by atoms with E-state index in [9.17, 15) is 9.18 Å². The first-order valence-corrected chi connectivity index (χ1v) is 7.98. The lowest BCUT2D eigenvalue weighted by molar-refractivity contribution is -0.134. The number of hydrogen-bond acceptors (Lipinski definition) is 5. The molecule has 1 aliphatic rings. The third-order valence-electron chi connectivity index (χ3n) is 4.36. The van der Waals surface area contributed by atoms with Crippen LogP contribution < -0.4 is 4.74 Å². The van der Waals surface area contributed by atoms with Gasteiger partial charge in [-0.05, 0) is 17.3 Å². The normalized spacial score (nSPS) is 16.8. The quantitative estimate of drug-likeness (QED) is 0.841. The molecular formula is C17H20FN3O3. The van der Waals surface area contributed by atoms with Crippen molar-refractivity contribution in [3.8, 4) is 5.88 Å². The Labute approximate surface area is 139 Å². The topological polar surface area (TPSA) is 68.5 Å². The summed E-state index contributed by atoms with van der Waals surface area (Å²) in [6.07, 6.45) is 2.89. The van der Waals surface area contributed by atoms with Gasteiger partial charge in [-0.3, -0.25) is 9.78 Å². The zero-order valence-corrected chi connectivity index (χ0v) is 13.6. The molecule has 2 aromatic heterocycles. The standard InChI is InChI=1S/C17H20FN3O3/c1-23-15-12-13(24-20-15)5-6-16(22)21-10-7-17(18,8-11-21)14-4-2-3-9-19-14/h2-4,9,12H,5-8,10-11H2,1H3.